The van der Waals surface area contributed by atoms with Crippen molar-refractivity contribution in [3.8, 4) is 0 Å². The summed E-state index contributed by atoms with van der Waals surface area (Å²) in [5.74, 6) is 1.69. The van der Waals surface area contributed by atoms with Gasteiger partial charge in [0.25, 0.3) is 0 Å². The zero-order valence-corrected chi connectivity index (χ0v) is 14.3. The van der Waals surface area contributed by atoms with E-state index in [9.17, 15) is 4.79 Å². The summed E-state index contributed by atoms with van der Waals surface area (Å²) in [6.45, 7) is 10.0. The van der Waals surface area contributed by atoms with Gasteiger partial charge in [0, 0.05) is 18.6 Å². The summed E-state index contributed by atoms with van der Waals surface area (Å²) >= 11 is 0. The maximum absolute atomic E-state index is 12.5. The van der Waals surface area contributed by atoms with Gasteiger partial charge in [-0.3, -0.25) is 10.1 Å². The van der Waals surface area contributed by atoms with Gasteiger partial charge in [-0.1, -0.05) is 6.92 Å². The predicted octanol–water partition coefficient (Wildman–Crippen LogP) is 2.43. The van der Waals surface area contributed by atoms with Gasteiger partial charge in [0.1, 0.15) is 5.54 Å². The molecule has 2 aliphatic carbocycles. The number of rotatable bonds is 7. The Balaban J connectivity index is 1.97. The first-order chi connectivity index (χ1) is 9.88. The van der Waals surface area contributed by atoms with Gasteiger partial charge in [-0.25, -0.2) is 0 Å². The van der Waals surface area contributed by atoms with Crippen LogP contribution in [0.1, 0.15) is 53.4 Å². The fraction of sp³-hybridized carbons (Fsp3) is 0.941. The maximum atomic E-state index is 12.5. The van der Waals surface area contributed by atoms with Gasteiger partial charge in [-0.15, -0.1) is 0 Å². The molecular weight excluding hydrogens is 264 g/mol. The summed E-state index contributed by atoms with van der Waals surface area (Å²) in [5.41, 5.74) is -0.474. The molecule has 0 aliphatic heterocycles. The highest BCUT2D eigenvalue weighted by molar-refractivity contribution is 5.81. The van der Waals surface area contributed by atoms with E-state index in [1.807, 2.05) is 6.92 Å². The highest BCUT2D eigenvalue weighted by Crippen LogP contribution is 2.40. The first kappa shape index (κ1) is 16.8. The Kier molecular flexibility index (Phi) is 5.31. The zero-order chi connectivity index (χ0) is 15.6. The number of carbonyl (C=O) groups is 1. The van der Waals surface area contributed by atoms with Gasteiger partial charge in [-0.2, -0.15) is 0 Å². The molecule has 4 nitrogen and oxygen atoms in total. The van der Waals surface area contributed by atoms with Crippen LogP contribution in [-0.2, 0) is 9.53 Å². The van der Waals surface area contributed by atoms with Gasteiger partial charge < -0.3 is 9.64 Å². The summed E-state index contributed by atoms with van der Waals surface area (Å²) in [7, 11) is 2.21. The van der Waals surface area contributed by atoms with Crippen LogP contribution in [0.5, 0.6) is 0 Å². The molecule has 21 heavy (non-hydrogen) atoms. The summed E-state index contributed by atoms with van der Waals surface area (Å²) < 4.78 is 5.35. The Hall–Kier alpha value is -0.610. The molecule has 0 bridgehead atoms. The standard InChI is InChI=1S/C17H32N2O2/c1-6-21-16(20)17(18-12(2)3)8-7-15(10-17)19(5)11-14-9-13(14)4/h12-15,18H,6-11H2,1-5H3. The lowest BCUT2D eigenvalue weighted by molar-refractivity contribution is -0.151. The third-order valence-corrected chi connectivity index (χ3v) is 5.14. The molecule has 0 aromatic carbocycles. The van der Waals surface area contributed by atoms with Gasteiger partial charge in [0.05, 0.1) is 6.61 Å². The fourth-order valence-electron chi connectivity index (χ4n) is 3.77. The Bertz CT molecular complexity index is 372. The topological polar surface area (TPSA) is 41.6 Å². The van der Waals surface area contributed by atoms with Crippen LogP contribution in [0.2, 0.25) is 0 Å². The average Bonchev–Trinajstić information content (AvgIpc) is 2.91. The molecule has 2 rings (SSSR count). The number of nitrogens with zero attached hydrogens (tertiary/aromatic N) is 1. The molecule has 122 valence electrons. The molecular formula is C17H32N2O2. The van der Waals surface area contributed by atoms with Crippen molar-refractivity contribution in [2.24, 2.45) is 11.8 Å². The smallest absolute Gasteiger partial charge is 0.326 e. The lowest BCUT2D eigenvalue weighted by Crippen LogP contribution is -2.54. The Morgan fingerprint density at radius 1 is 1.48 bits per heavy atom. The van der Waals surface area contributed by atoms with Crippen LogP contribution in [0, 0.1) is 11.8 Å². The molecule has 0 amide bonds. The monoisotopic (exact) mass is 296 g/mol. The normalized spacial score (nSPS) is 35.5. The van der Waals surface area contributed by atoms with E-state index in [2.05, 4.69) is 38.0 Å². The van der Waals surface area contributed by atoms with Crippen molar-refractivity contribution in [3.05, 3.63) is 0 Å². The summed E-state index contributed by atoms with van der Waals surface area (Å²) in [5, 5.41) is 3.50. The molecule has 4 unspecified atom stereocenters. The SMILES string of the molecule is CCOC(=O)C1(NC(C)C)CCC(N(C)CC2CC2C)C1. The van der Waals surface area contributed by atoms with Crippen molar-refractivity contribution in [2.75, 3.05) is 20.2 Å². The molecule has 0 radical (unpaired) electrons. The van der Waals surface area contributed by atoms with E-state index in [1.165, 1.54) is 13.0 Å². The molecule has 0 saturated heterocycles. The van der Waals surface area contributed by atoms with E-state index in [1.54, 1.807) is 0 Å². The second-order valence-corrected chi connectivity index (χ2v) is 7.41. The van der Waals surface area contributed by atoms with Gasteiger partial charge in [0.15, 0.2) is 0 Å². The third kappa shape index (κ3) is 3.98. The maximum Gasteiger partial charge on any atom is 0.326 e. The van der Waals surface area contributed by atoms with Crippen LogP contribution in [0.25, 0.3) is 0 Å². The second kappa shape index (κ2) is 6.66. The molecule has 1 N–H and O–H groups in total. The predicted molar refractivity (Wildman–Crippen MR) is 85.2 cm³/mol. The Morgan fingerprint density at radius 2 is 2.14 bits per heavy atom. The summed E-state index contributed by atoms with van der Waals surface area (Å²) in [6, 6.07) is 0.787. The highest BCUT2D eigenvalue weighted by atomic mass is 16.5. The molecule has 2 fully saturated rings. The van der Waals surface area contributed by atoms with Crippen LogP contribution in [0.3, 0.4) is 0 Å². The number of carbonyl (C=O) groups excluding carboxylic acids is 1. The molecule has 4 atom stereocenters. The lowest BCUT2D eigenvalue weighted by atomic mass is 9.96. The summed E-state index contributed by atoms with van der Waals surface area (Å²) in [4.78, 5) is 14.9. The van der Waals surface area contributed by atoms with E-state index in [0.717, 1.165) is 31.1 Å². The molecule has 0 heterocycles. The minimum Gasteiger partial charge on any atom is -0.465 e. The minimum atomic E-state index is -0.474. The molecule has 2 saturated carbocycles. The van der Waals surface area contributed by atoms with Crippen LogP contribution >= 0.6 is 0 Å². The molecule has 4 heteroatoms. The van der Waals surface area contributed by atoms with Crippen LogP contribution in [-0.4, -0.2) is 48.7 Å². The first-order valence-corrected chi connectivity index (χ1v) is 8.53. The number of esters is 1. The van der Waals surface area contributed by atoms with Crippen molar-refractivity contribution in [3.63, 3.8) is 0 Å². The van der Waals surface area contributed by atoms with Crippen molar-refractivity contribution >= 4 is 5.97 Å². The van der Waals surface area contributed by atoms with E-state index in [4.69, 9.17) is 4.74 Å². The van der Waals surface area contributed by atoms with Crippen molar-refractivity contribution in [1.29, 1.82) is 0 Å². The zero-order valence-electron chi connectivity index (χ0n) is 14.3. The summed E-state index contributed by atoms with van der Waals surface area (Å²) in [6.07, 6.45) is 4.21. The Morgan fingerprint density at radius 3 is 2.67 bits per heavy atom. The number of nitrogens with one attached hydrogen (secondary N) is 1. The largest absolute Gasteiger partial charge is 0.465 e. The highest BCUT2D eigenvalue weighted by Gasteiger charge is 2.48. The van der Waals surface area contributed by atoms with Crippen molar-refractivity contribution in [2.45, 2.75) is 71.0 Å². The molecule has 0 spiro atoms. The van der Waals surface area contributed by atoms with Gasteiger partial charge >= 0.3 is 5.97 Å². The Labute approximate surface area is 129 Å². The van der Waals surface area contributed by atoms with E-state index >= 15 is 0 Å². The fourth-order valence-corrected chi connectivity index (χ4v) is 3.77. The first-order valence-electron chi connectivity index (χ1n) is 8.53. The minimum absolute atomic E-state index is 0.0608. The van der Waals surface area contributed by atoms with Crippen LogP contribution in [0.4, 0.5) is 0 Å². The van der Waals surface area contributed by atoms with Crippen molar-refractivity contribution < 1.29 is 9.53 Å². The van der Waals surface area contributed by atoms with Crippen LogP contribution in [0.15, 0.2) is 0 Å². The quantitative estimate of drug-likeness (QED) is 0.733. The average molecular weight is 296 g/mol. The lowest BCUT2D eigenvalue weighted by Gasteiger charge is -2.32. The number of ether oxygens (including phenoxy) is 1. The number of hydrogen-bond donors (Lipinski definition) is 1. The van der Waals surface area contributed by atoms with E-state index in [0.29, 0.717) is 18.7 Å². The van der Waals surface area contributed by atoms with Crippen LogP contribution < -0.4 is 5.32 Å². The van der Waals surface area contributed by atoms with Gasteiger partial charge in [0.2, 0.25) is 0 Å². The van der Waals surface area contributed by atoms with Gasteiger partial charge in [-0.05, 0) is 65.3 Å². The molecule has 0 aromatic rings. The third-order valence-electron chi connectivity index (χ3n) is 5.14. The van der Waals surface area contributed by atoms with Crippen molar-refractivity contribution in [1.82, 2.24) is 10.2 Å². The molecule has 0 aromatic heterocycles. The van der Waals surface area contributed by atoms with E-state index < -0.39 is 5.54 Å². The number of hydrogen-bond acceptors (Lipinski definition) is 4. The van der Waals surface area contributed by atoms with E-state index in [-0.39, 0.29) is 5.97 Å². The second-order valence-electron chi connectivity index (χ2n) is 7.41. The molecule has 2 aliphatic rings.